The van der Waals surface area contributed by atoms with Gasteiger partial charge in [0.2, 0.25) is 5.91 Å². The number of hydrogen-bond acceptors (Lipinski definition) is 7. The average molecular weight is 422 g/mol. The summed E-state index contributed by atoms with van der Waals surface area (Å²) in [5, 5.41) is 13.6. The largest absolute Gasteiger partial charge is 0.377 e. The van der Waals surface area contributed by atoms with Crippen molar-refractivity contribution in [3.8, 4) is 0 Å². The van der Waals surface area contributed by atoms with E-state index < -0.39 is 34.2 Å². The number of anilines is 2. The van der Waals surface area contributed by atoms with Crippen LogP contribution in [0.1, 0.15) is 5.56 Å². The fourth-order valence-electron chi connectivity index (χ4n) is 4.74. The van der Waals surface area contributed by atoms with E-state index in [-0.39, 0.29) is 18.7 Å². The van der Waals surface area contributed by atoms with Gasteiger partial charge in [0.05, 0.1) is 29.9 Å². The number of imide groups is 2. The van der Waals surface area contributed by atoms with Gasteiger partial charge in [-0.1, -0.05) is 18.2 Å². The summed E-state index contributed by atoms with van der Waals surface area (Å²) in [6.45, 7) is 0.920. The minimum atomic E-state index is -1.66. The van der Waals surface area contributed by atoms with Crippen molar-refractivity contribution in [1.82, 2.24) is 5.32 Å². The predicted molar refractivity (Wildman–Crippen MR) is 109 cm³/mol. The highest BCUT2D eigenvalue weighted by Crippen LogP contribution is 2.46. The second kappa shape index (κ2) is 6.88. The Labute approximate surface area is 176 Å². The first-order valence-corrected chi connectivity index (χ1v) is 9.80. The number of nitrogens with one attached hydrogen (secondary N) is 1. The van der Waals surface area contributed by atoms with E-state index >= 15 is 0 Å². The summed E-state index contributed by atoms with van der Waals surface area (Å²) in [5.74, 6) is -1.38. The van der Waals surface area contributed by atoms with Crippen LogP contribution in [0.3, 0.4) is 0 Å². The number of urea groups is 1. The van der Waals surface area contributed by atoms with Crippen LogP contribution >= 0.6 is 0 Å². The van der Waals surface area contributed by atoms with Gasteiger partial charge in [-0.25, -0.2) is 9.69 Å². The van der Waals surface area contributed by atoms with Crippen molar-refractivity contribution >= 4 is 34.9 Å². The van der Waals surface area contributed by atoms with Gasteiger partial charge < -0.3 is 9.64 Å². The second-order valence-corrected chi connectivity index (χ2v) is 7.74. The van der Waals surface area contributed by atoms with Crippen LogP contribution in [0.2, 0.25) is 0 Å². The minimum Gasteiger partial charge on any atom is -0.377 e. The van der Waals surface area contributed by atoms with Crippen molar-refractivity contribution in [2.24, 2.45) is 5.41 Å². The van der Waals surface area contributed by atoms with Crippen molar-refractivity contribution in [2.75, 3.05) is 29.6 Å². The summed E-state index contributed by atoms with van der Waals surface area (Å²) in [4.78, 5) is 53.4. The smallest absolute Gasteiger partial charge is 0.335 e. The Morgan fingerprint density at radius 3 is 2.65 bits per heavy atom. The maximum absolute atomic E-state index is 13.8. The molecular formula is C21H18N4O6. The quantitative estimate of drug-likeness (QED) is 0.443. The molecule has 3 heterocycles. The number of ether oxygens (including phenoxy) is 1. The molecule has 0 aliphatic carbocycles. The van der Waals surface area contributed by atoms with Gasteiger partial charge in [-0.3, -0.25) is 25.0 Å². The monoisotopic (exact) mass is 422 g/mol. The van der Waals surface area contributed by atoms with E-state index in [4.69, 9.17) is 4.74 Å². The molecule has 2 saturated heterocycles. The zero-order chi connectivity index (χ0) is 21.8. The lowest BCUT2D eigenvalue weighted by Gasteiger charge is -2.53. The lowest BCUT2D eigenvalue weighted by Crippen LogP contribution is -2.74. The number of amides is 4. The molecule has 3 aliphatic rings. The molecule has 0 aromatic heterocycles. The molecule has 2 fully saturated rings. The van der Waals surface area contributed by atoms with E-state index in [9.17, 15) is 24.5 Å². The third-order valence-corrected chi connectivity index (χ3v) is 6.18. The zero-order valence-corrected chi connectivity index (χ0v) is 16.3. The minimum absolute atomic E-state index is 0.0736. The molecule has 3 aliphatic heterocycles. The molecule has 0 unspecified atom stereocenters. The number of nitro groups is 1. The van der Waals surface area contributed by atoms with Gasteiger partial charge in [-0.2, -0.15) is 0 Å². The lowest BCUT2D eigenvalue weighted by atomic mass is 9.68. The van der Waals surface area contributed by atoms with Crippen LogP contribution in [-0.4, -0.2) is 48.6 Å². The summed E-state index contributed by atoms with van der Waals surface area (Å²) in [7, 11) is 0. The van der Waals surface area contributed by atoms with Crippen LogP contribution in [0.4, 0.5) is 21.9 Å². The number of fused-ring (bicyclic) bond motifs is 4. The number of carbonyl (C=O) groups excluding carboxylic acids is 3. The van der Waals surface area contributed by atoms with Crippen LogP contribution in [0.25, 0.3) is 0 Å². The van der Waals surface area contributed by atoms with Crippen LogP contribution in [0.5, 0.6) is 0 Å². The number of nitrogens with zero attached hydrogens (tertiary/aromatic N) is 3. The first-order chi connectivity index (χ1) is 14.9. The van der Waals surface area contributed by atoms with Gasteiger partial charge in [0.1, 0.15) is 0 Å². The van der Waals surface area contributed by atoms with Gasteiger partial charge in [0.25, 0.3) is 11.6 Å². The number of hydrogen-bond donors (Lipinski definition) is 1. The fraction of sp³-hybridized carbons (Fsp3) is 0.286. The highest BCUT2D eigenvalue weighted by molar-refractivity contribution is 6.30. The maximum atomic E-state index is 13.8. The van der Waals surface area contributed by atoms with Crippen LogP contribution < -0.4 is 15.1 Å². The number of morpholine rings is 1. The number of nitro benzene ring substituents is 1. The summed E-state index contributed by atoms with van der Waals surface area (Å²) in [5.41, 5.74) is -0.205. The van der Waals surface area contributed by atoms with Crippen LogP contribution in [-0.2, 0) is 20.7 Å². The second-order valence-electron chi connectivity index (χ2n) is 7.74. The van der Waals surface area contributed by atoms with Gasteiger partial charge >= 0.3 is 6.03 Å². The van der Waals surface area contributed by atoms with Crippen molar-refractivity contribution in [3.05, 3.63) is 64.2 Å². The van der Waals surface area contributed by atoms with Gasteiger partial charge in [-0.15, -0.1) is 0 Å². The topological polar surface area (TPSA) is 122 Å². The van der Waals surface area contributed by atoms with Gasteiger partial charge in [0.15, 0.2) is 5.41 Å². The van der Waals surface area contributed by atoms with E-state index in [1.165, 1.54) is 12.1 Å². The molecule has 1 N–H and O–H groups in total. The van der Waals surface area contributed by atoms with Crippen molar-refractivity contribution in [3.63, 3.8) is 0 Å². The number of non-ortho nitro benzene ring substituents is 1. The van der Waals surface area contributed by atoms with Crippen LogP contribution in [0.15, 0.2) is 48.5 Å². The molecule has 10 heteroatoms. The molecule has 5 rings (SSSR count). The molecule has 4 amide bonds. The van der Waals surface area contributed by atoms with Crippen molar-refractivity contribution < 1.29 is 24.0 Å². The third-order valence-electron chi connectivity index (χ3n) is 6.18. The summed E-state index contributed by atoms with van der Waals surface area (Å²) in [6.07, 6.45) is -0.0736. The maximum Gasteiger partial charge on any atom is 0.335 e. The van der Waals surface area contributed by atoms with Crippen LogP contribution in [0, 0.1) is 15.5 Å². The first-order valence-electron chi connectivity index (χ1n) is 9.80. The summed E-state index contributed by atoms with van der Waals surface area (Å²) in [6, 6.07) is 11.3. The number of rotatable bonds is 2. The fourth-order valence-corrected chi connectivity index (χ4v) is 4.74. The average Bonchev–Trinajstić information content (AvgIpc) is 2.78. The Kier molecular flexibility index (Phi) is 4.26. The molecule has 0 bridgehead atoms. The number of barbiturate groups is 1. The predicted octanol–water partition coefficient (Wildman–Crippen LogP) is 1.63. The van der Waals surface area contributed by atoms with Gasteiger partial charge in [0, 0.05) is 30.8 Å². The van der Waals surface area contributed by atoms with E-state index in [2.05, 4.69) is 5.32 Å². The Balaban J connectivity index is 1.68. The molecular weight excluding hydrogens is 404 g/mol. The summed E-state index contributed by atoms with van der Waals surface area (Å²) < 4.78 is 5.62. The molecule has 0 saturated carbocycles. The molecule has 0 radical (unpaired) electrons. The Hall–Kier alpha value is -3.79. The Bertz CT molecular complexity index is 1120. The molecule has 158 valence electrons. The Morgan fingerprint density at radius 2 is 1.90 bits per heavy atom. The standard InChI is InChI=1S/C21H18N4O6/c26-18-21(19(27)24(20(28)22-18)14-4-2-1-3-5-14)11-13-10-15(25(29)30)6-7-16(13)23-8-9-31-12-17(21)23/h1-7,10,17H,8-9,11-12H2,(H,22,26,28)/t17-,21+/m1/s1. The van der Waals surface area contributed by atoms with Gasteiger partial charge in [-0.05, 0) is 23.8 Å². The number of benzene rings is 2. The van der Waals surface area contributed by atoms with Crippen molar-refractivity contribution in [1.29, 1.82) is 0 Å². The normalized spacial score (nSPS) is 25.2. The highest BCUT2D eigenvalue weighted by Gasteiger charge is 2.63. The first kappa shape index (κ1) is 19.2. The molecule has 1 spiro atoms. The highest BCUT2D eigenvalue weighted by atomic mass is 16.6. The van der Waals surface area contributed by atoms with E-state index in [1.807, 2.05) is 4.90 Å². The lowest BCUT2D eigenvalue weighted by molar-refractivity contribution is -0.384. The summed E-state index contributed by atoms with van der Waals surface area (Å²) >= 11 is 0. The van der Waals surface area contributed by atoms with E-state index in [0.29, 0.717) is 24.4 Å². The number of para-hydroxylation sites is 1. The third kappa shape index (κ3) is 2.72. The molecule has 10 nitrogen and oxygen atoms in total. The van der Waals surface area contributed by atoms with E-state index in [1.54, 1.807) is 36.4 Å². The molecule has 2 aromatic rings. The zero-order valence-electron chi connectivity index (χ0n) is 16.3. The van der Waals surface area contributed by atoms with Crippen molar-refractivity contribution in [2.45, 2.75) is 12.5 Å². The van der Waals surface area contributed by atoms with E-state index in [0.717, 1.165) is 10.6 Å². The number of carbonyl (C=O) groups is 3. The molecule has 2 aromatic carbocycles. The SMILES string of the molecule is O=C1NC(=O)[C@@]2(Cc3cc([N+](=O)[O-])ccc3N3CCOC[C@@H]32)C(=O)N1c1ccccc1. The molecule has 31 heavy (non-hydrogen) atoms. The Morgan fingerprint density at radius 1 is 1.13 bits per heavy atom. The molecule has 2 atom stereocenters.